The molecule has 0 N–H and O–H groups in total. The highest BCUT2D eigenvalue weighted by Gasteiger charge is 2.22. The number of quaternary nitrogens is 1. The van der Waals surface area contributed by atoms with Crippen LogP contribution in [0.1, 0.15) is 123 Å². The molecule has 0 aliphatic carbocycles. The van der Waals surface area contributed by atoms with Crippen LogP contribution in [0.4, 0.5) is 0 Å². The van der Waals surface area contributed by atoms with Gasteiger partial charge in [0.2, 0.25) is 0 Å². The van der Waals surface area contributed by atoms with E-state index >= 15 is 0 Å². The standard InChI is InChI=1S/C28H52N.ClH/c1-4-7-8-9-10-11-12-13-14-15-16-17-18-19-23-26-29(5-2,6-3)27-28-24-21-20-22-25-28;/h20-22,24-25H,4-19,23,26-27H2,1-3H3;1H/q+1;/p-1. The van der Waals surface area contributed by atoms with Gasteiger partial charge in [0.1, 0.15) is 6.54 Å². The molecule has 0 saturated carbocycles. The van der Waals surface area contributed by atoms with Crippen molar-refractivity contribution in [2.75, 3.05) is 19.6 Å². The first-order chi connectivity index (χ1) is 14.3. The molecule has 0 fully saturated rings. The van der Waals surface area contributed by atoms with Gasteiger partial charge in [0, 0.05) is 5.56 Å². The van der Waals surface area contributed by atoms with Crippen LogP contribution >= 0.6 is 0 Å². The SMILES string of the molecule is CCCCCCCCCCCCCCCCC[N+](CC)(CC)Cc1ccccc1.[Cl-]. The van der Waals surface area contributed by atoms with Crippen molar-refractivity contribution in [2.24, 2.45) is 0 Å². The second kappa shape index (κ2) is 20.4. The number of unbranched alkanes of at least 4 members (excludes halogenated alkanes) is 14. The summed E-state index contributed by atoms with van der Waals surface area (Å²) in [5.74, 6) is 0. The van der Waals surface area contributed by atoms with Gasteiger partial charge in [0.25, 0.3) is 0 Å². The molecule has 0 heterocycles. The molecule has 0 bridgehead atoms. The van der Waals surface area contributed by atoms with Gasteiger partial charge in [-0.3, -0.25) is 0 Å². The van der Waals surface area contributed by atoms with Crippen LogP contribution in [-0.4, -0.2) is 24.1 Å². The van der Waals surface area contributed by atoms with Gasteiger partial charge in [-0.1, -0.05) is 121 Å². The zero-order valence-electron chi connectivity index (χ0n) is 20.6. The molecule has 176 valence electrons. The molecule has 0 radical (unpaired) electrons. The first-order valence-corrected chi connectivity index (χ1v) is 13.2. The second-order valence-electron chi connectivity index (χ2n) is 9.29. The van der Waals surface area contributed by atoms with E-state index in [-0.39, 0.29) is 12.4 Å². The summed E-state index contributed by atoms with van der Waals surface area (Å²) in [4.78, 5) is 0. The lowest BCUT2D eigenvalue weighted by atomic mass is 10.0. The third-order valence-electron chi connectivity index (χ3n) is 6.94. The quantitative estimate of drug-likeness (QED) is 0.175. The number of hydrogen-bond acceptors (Lipinski definition) is 0. The van der Waals surface area contributed by atoms with Crippen molar-refractivity contribution in [1.29, 1.82) is 0 Å². The Morgan fingerprint density at radius 1 is 0.533 bits per heavy atom. The highest BCUT2D eigenvalue weighted by atomic mass is 35.5. The maximum Gasteiger partial charge on any atom is 0.104 e. The Labute approximate surface area is 196 Å². The highest BCUT2D eigenvalue weighted by molar-refractivity contribution is 5.13. The van der Waals surface area contributed by atoms with Crippen LogP contribution in [0.15, 0.2) is 30.3 Å². The molecule has 1 rings (SSSR count). The van der Waals surface area contributed by atoms with Crippen molar-refractivity contribution in [1.82, 2.24) is 0 Å². The third kappa shape index (κ3) is 14.5. The molecule has 0 saturated heterocycles. The molecule has 0 amide bonds. The highest BCUT2D eigenvalue weighted by Crippen LogP contribution is 2.18. The van der Waals surface area contributed by atoms with Crippen molar-refractivity contribution in [2.45, 2.75) is 124 Å². The summed E-state index contributed by atoms with van der Waals surface area (Å²) in [6.45, 7) is 12.1. The van der Waals surface area contributed by atoms with E-state index in [0.717, 1.165) is 0 Å². The molecular weight excluding hydrogens is 386 g/mol. The molecule has 30 heavy (non-hydrogen) atoms. The topological polar surface area (TPSA) is 0 Å². The monoisotopic (exact) mass is 437 g/mol. The van der Waals surface area contributed by atoms with E-state index in [1.54, 1.807) is 0 Å². The van der Waals surface area contributed by atoms with Crippen LogP contribution in [-0.2, 0) is 6.54 Å². The van der Waals surface area contributed by atoms with Crippen molar-refractivity contribution in [3.05, 3.63) is 35.9 Å². The number of rotatable bonds is 20. The van der Waals surface area contributed by atoms with Crippen LogP contribution in [0.3, 0.4) is 0 Å². The Kier molecular flexibility index (Phi) is 20.0. The summed E-state index contributed by atoms with van der Waals surface area (Å²) in [6.07, 6.45) is 21.7. The molecule has 2 heteroatoms. The van der Waals surface area contributed by atoms with E-state index < -0.39 is 0 Å². The first kappa shape index (κ1) is 29.5. The summed E-state index contributed by atoms with van der Waals surface area (Å²) >= 11 is 0. The number of halogens is 1. The largest absolute Gasteiger partial charge is 1.00 e. The zero-order valence-corrected chi connectivity index (χ0v) is 21.4. The Morgan fingerprint density at radius 2 is 0.933 bits per heavy atom. The average Bonchev–Trinajstić information content (AvgIpc) is 2.76. The summed E-state index contributed by atoms with van der Waals surface area (Å²) in [5.41, 5.74) is 1.50. The van der Waals surface area contributed by atoms with Crippen molar-refractivity contribution in [3.8, 4) is 0 Å². The fraction of sp³-hybridized carbons (Fsp3) is 0.786. The van der Waals surface area contributed by atoms with E-state index in [1.165, 1.54) is 133 Å². The fourth-order valence-electron chi connectivity index (χ4n) is 4.63. The molecule has 0 atom stereocenters. The summed E-state index contributed by atoms with van der Waals surface area (Å²) in [5, 5.41) is 0. The van der Waals surface area contributed by atoms with Gasteiger partial charge in [-0.2, -0.15) is 0 Å². The number of hydrogen-bond donors (Lipinski definition) is 0. The maximum atomic E-state index is 2.37. The minimum Gasteiger partial charge on any atom is -1.00 e. The molecule has 0 spiro atoms. The van der Waals surface area contributed by atoms with E-state index in [2.05, 4.69) is 51.1 Å². The van der Waals surface area contributed by atoms with Gasteiger partial charge in [0.05, 0.1) is 19.6 Å². The Bertz CT molecular complexity index is 455. The summed E-state index contributed by atoms with van der Waals surface area (Å²) < 4.78 is 1.25. The van der Waals surface area contributed by atoms with Crippen LogP contribution in [0.25, 0.3) is 0 Å². The second-order valence-corrected chi connectivity index (χ2v) is 9.29. The minimum atomic E-state index is 0. The molecule has 0 aliphatic rings. The fourth-order valence-corrected chi connectivity index (χ4v) is 4.63. The molecule has 1 aromatic rings. The molecular formula is C28H52ClN. The van der Waals surface area contributed by atoms with Crippen LogP contribution in [0, 0.1) is 0 Å². The maximum absolute atomic E-state index is 2.37. The summed E-state index contributed by atoms with van der Waals surface area (Å²) in [6, 6.07) is 11.1. The lowest BCUT2D eigenvalue weighted by Crippen LogP contribution is -3.00. The first-order valence-electron chi connectivity index (χ1n) is 13.2. The molecule has 0 aliphatic heterocycles. The van der Waals surface area contributed by atoms with Crippen molar-refractivity contribution in [3.63, 3.8) is 0 Å². The normalized spacial score (nSPS) is 11.4. The van der Waals surface area contributed by atoms with E-state index in [1.807, 2.05) is 0 Å². The smallest absolute Gasteiger partial charge is 0.104 e. The third-order valence-corrected chi connectivity index (χ3v) is 6.94. The van der Waals surface area contributed by atoms with Gasteiger partial charge in [0.15, 0.2) is 0 Å². The van der Waals surface area contributed by atoms with Crippen molar-refractivity contribution >= 4 is 0 Å². The lowest BCUT2D eigenvalue weighted by molar-refractivity contribution is -0.938. The van der Waals surface area contributed by atoms with Gasteiger partial charge in [-0.15, -0.1) is 0 Å². The molecule has 1 nitrogen and oxygen atoms in total. The van der Waals surface area contributed by atoms with Gasteiger partial charge < -0.3 is 16.9 Å². The molecule has 0 unspecified atom stereocenters. The Balaban J connectivity index is 0.00000841. The molecule has 0 aromatic heterocycles. The lowest BCUT2D eigenvalue weighted by Gasteiger charge is -2.37. The Hall–Kier alpha value is -0.530. The van der Waals surface area contributed by atoms with Crippen LogP contribution in [0.5, 0.6) is 0 Å². The van der Waals surface area contributed by atoms with Crippen molar-refractivity contribution < 1.29 is 16.9 Å². The average molecular weight is 438 g/mol. The zero-order chi connectivity index (χ0) is 21.0. The minimum absolute atomic E-state index is 0. The number of nitrogens with zero attached hydrogens (tertiary/aromatic N) is 1. The predicted octanol–water partition coefficient (Wildman–Crippen LogP) is 5.92. The molecule has 1 aromatic carbocycles. The number of benzene rings is 1. The van der Waals surface area contributed by atoms with E-state index in [0.29, 0.717) is 0 Å². The van der Waals surface area contributed by atoms with Gasteiger partial charge >= 0.3 is 0 Å². The summed E-state index contributed by atoms with van der Waals surface area (Å²) in [7, 11) is 0. The Morgan fingerprint density at radius 3 is 1.33 bits per heavy atom. The van der Waals surface area contributed by atoms with Gasteiger partial charge in [-0.25, -0.2) is 0 Å². The van der Waals surface area contributed by atoms with E-state index in [9.17, 15) is 0 Å². The van der Waals surface area contributed by atoms with Crippen LogP contribution < -0.4 is 12.4 Å². The van der Waals surface area contributed by atoms with Crippen LogP contribution in [0.2, 0.25) is 0 Å². The predicted molar refractivity (Wildman–Crippen MR) is 131 cm³/mol. The van der Waals surface area contributed by atoms with E-state index in [4.69, 9.17) is 0 Å². The van der Waals surface area contributed by atoms with Gasteiger partial charge in [-0.05, 0) is 26.7 Å².